The Balaban J connectivity index is 1.92. The summed E-state index contributed by atoms with van der Waals surface area (Å²) < 4.78 is 5.58. The van der Waals surface area contributed by atoms with Crippen LogP contribution in [0.1, 0.15) is 30.7 Å². The highest BCUT2D eigenvalue weighted by molar-refractivity contribution is 7.99. The maximum Gasteiger partial charge on any atom is 0.256 e. The third kappa shape index (κ3) is 2.55. The number of aromatic nitrogens is 1. The summed E-state index contributed by atoms with van der Waals surface area (Å²) in [5, 5.41) is 4.84. The van der Waals surface area contributed by atoms with Gasteiger partial charge in [-0.3, -0.25) is 0 Å². The van der Waals surface area contributed by atoms with Crippen LogP contribution in [0.4, 0.5) is 0 Å². The Morgan fingerprint density at radius 3 is 2.73 bits per heavy atom. The zero-order valence-corrected chi connectivity index (χ0v) is 10.4. The molecule has 1 heterocycles. The topological polar surface area (TPSA) is 38.1 Å². The van der Waals surface area contributed by atoms with Crippen molar-refractivity contribution < 1.29 is 4.42 Å². The molecule has 0 spiro atoms. The Kier molecular flexibility index (Phi) is 3.36. The second-order valence-electron chi connectivity index (χ2n) is 4.16. The van der Waals surface area contributed by atoms with Gasteiger partial charge < -0.3 is 9.73 Å². The van der Waals surface area contributed by atoms with Gasteiger partial charge in [-0.2, -0.15) is 0 Å². The molecular formula is C11H18N2OS. The molecule has 1 aliphatic rings. The number of oxazole rings is 1. The number of rotatable bonds is 3. The molecule has 15 heavy (non-hydrogen) atoms. The van der Waals surface area contributed by atoms with Crippen LogP contribution in [-0.2, 0) is 0 Å². The predicted molar refractivity (Wildman–Crippen MR) is 62.3 cm³/mol. The molecule has 1 aromatic rings. The highest BCUT2D eigenvalue weighted by atomic mass is 32.2. The van der Waals surface area contributed by atoms with Crippen molar-refractivity contribution in [2.24, 2.45) is 0 Å². The fraction of sp³-hybridized carbons (Fsp3) is 0.727. The molecule has 1 fully saturated rings. The normalized spacial score (nSPS) is 26.1. The molecule has 0 aromatic carbocycles. The average Bonchev–Trinajstić information content (AvgIpc) is 2.76. The van der Waals surface area contributed by atoms with Crippen molar-refractivity contribution in [3.05, 3.63) is 11.5 Å². The summed E-state index contributed by atoms with van der Waals surface area (Å²) in [5.41, 5.74) is 1.01. The van der Waals surface area contributed by atoms with Crippen molar-refractivity contribution in [3.63, 3.8) is 0 Å². The van der Waals surface area contributed by atoms with Gasteiger partial charge in [0.2, 0.25) is 0 Å². The van der Waals surface area contributed by atoms with Crippen LogP contribution in [0, 0.1) is 13.8 Å². The SMILES string of the molecule is CNC1CCC(Sc2nc(C)c(C)o2)C1. The second-order valence-corrected chi connectivity index (χ2v) is 5.41. The smallest absolute Gasteiger partial charge is 0.256 e. The van der Waals surface area contributed by atoms with Gasteiger partial charge in [0.1, 0.15) is 5.76 Å². The highest BCUT2D eigenvalue weighted by Gasteiger charge is 2.25. The van der Waals surface area contributed by atoms with E-state index in [0.717, 1.165) is 16.7 Å². The summed E-state index contributed by atoms with van der Waals surface area (Å²) in [6, 6.07) is 0.680. The Morgan fingerprint density at radius 2 is 2.20 bits per heavy atom. The summed E-state index contributed by atoms with van der Waals surface area (Å²) in [5.74, 6) is 0.945. The molecular weight excluding hydrogens is 208 g/mol. The molecule has 0 saturated heterocycles. The molecule has 0 aliphatic heterocycles. The van der Waals surface area contributed by atoms with Crippen LogP contribution >= 0.6 is 11.8 Å². The van der Waals surface area contributed by atoms with Gasteiger partial charge in [0.15, 0.2) is 0 Å². The number of nitrogens with zero attached hydrogens (tertiary/aromatic N) is 1. The van der Waals surface area contributed by atoms with Crippen LogP contribution in [0.3, 0.4) is 0 Å². The third-order valence-corrected chi connectivity index (χ3v) is 4.21. The van der Waals surface area contributed by atoms with Gasteiger partial charge in [0.25, 0.3) is 5.22 Å². The van der Waals surface area contributed by atoms with Crippen LogP contribution in [0.2, 0.25) is 0 Å². The Bertz CT molecular complexity index is 318. The van der Waals surface area contributed by atoms with E-state index in [-0.39, 0.29) is 0 Å². The molecule has 3 nitrogen and oxygen atoms in total. The van der Waals surface area contributed by atoms with E-state index in [1.54, 1.807) is 11.8 Å². The number of nitrogens with one attached hydrogen (secondary N) is 1. The lowest BCUT2D eigenvalue weighted by Gasteiger charge is -2.07. The first-order chi connectivity index (χ1) is 7.19. The lowest BCUT2D eigenvalue weighted by molar-refractivity contribution is 0.430. The van der Waals surface area contributed by atoms with Crippen LogP contribution in [0.5, 0.6) is 0 Å². The van der Waals surface area contributed by atoms with Crippen molar-refractivity contribution >= 4 is 11.8 Å². The molecule has 0 radical (unpaired) electrons. The molecule has 2 atom stereocenters. The maximum atomic E-state index is 5.58. The van der Waals surface area contributed by atoms with Gasteiger partial charge in [-0.25, -0.2) is 4.98 Å². The van der Waals surface area contributed by atoms with Crippen molar-refractivity contribution in [2.75, 3.05) is 7.05 Å². The van der Waals surface area contributed by atoms with E-state index < -0.39 is 0 Å². The first kappa shape index (κ1) is 11.0. The fourth-order valence-electron chi connectivity index (χ4n) is 1.95. The van der Waals surface area contributed by atoms with Crippen molar-refractivity contribution in [2.45, 2.75) is 49.6 Å². The summed E-state index contributed by atoms with van der Waals surface area (Å²) in [6.45, 7) is 3.96. The first-order valence-electron chi connectivity index (χ1n) is 5.47. The third-order valence-electron chi connectivity index (χ3n) is 3.07. The number of aryl methyl sites for hydroxylation is 2. The van der Waals surface area contributed by atoms with Crippen LogP contribution < -0.4 is 5.32 Å². The van der Waals surface area contributed by atoms with Gasteiger partial charge >= 0.3 is 0 Å². The molecule has 1 saturated carbocycles. The lowest BCUT2D eigenvalue weighted by atomic mass is 10.3. The quantitative estimate of drug-likeness (QED) is 0.859. The van der Waals surface area contributed by atoms with Crippen molar-refractivity contribution in [1.82, 2.24) is 10.3 Å². The second kappa shape index (κ2) is 4.58. The van der Waals surface area contributed by atoms with E-state index in [4.69, 9.17) is 4.42 Å². The average molecular weight is 226 g/mol. The molecule has 1 aromatic heterocycles. The number of thioether (sulfide) groups is 1. The maximum absolute atomic E-state index is 5.58. The summed E-state index contributed by atoms with van der Waals surface area (Å²) >= 11 is 1.79. The van der Waals surface area contributed by atoms with Crippen LogP contribution in [0.15, 0.2) is 9.64 Å². The van der Waals surface area contributed by atoms with E-state index in [9.17, 15) is 0 Å². The minimum Gasteiger partial charge on any atom is -0.437 e. The lowest BCUT2D eigenvalue weighted by Crippen LogP contribution is -2.21. The standard InChI is InChI=1S/C11H18N2OS/c1-7-8(2)14-11(13-7)15-10-5-4-9(6-10)12-3/h9-10,12H,4-6H2,1-3H3. The van der Waals surface area contributed by atoms with E-state index in [2.05, 4.69) is 10.3 Å². The molecule has 2 unspecified atom stereocenters. The van der Waals surface area contributed by atoms with Gasteiger partial charge in [-0.1, -0.05) is 11.8 Å². The zero-order valence-electron chi connectivity index (χ0n) is 9.54. The van der Waals surface area contributed by atoms with Gasteiger partial charge in [-0.15, -0.1) is 0 Å². The summed E-state index contributed by atoms with van der Waals surface area (Å²) in [6.07, 6.45) is 3.76. The zero-order chi connectivity index (χ0) is 10.8. The number of hydrogen-bond acceptors (Lipinski definition) is 4. The van der Waals surface area contributed by atoms with Crippen LogP contribution in [0.25, 0.3) is 0 Å². The Labute approximate surface area is 95.0 Å². The van der Waals surface area contributed by atoms with E-state index in [1.807, 2.05) is 20.9 Å². The Morgan fingerprint density at radius 1 is 1.40 bits per heavy atom. The minimum atomic E-state index is 0.667. The monoisotopic (exact) mass is 226 g/mol. The van der Waals surface area contributed by atoms with E-state index >= 15 is 0 Å². The number of hydrogen-bond donors (Lipinski definition) is 1. The van der Waals surface area contributed by atoms with Gasteiger partial charge in [0, 0.05) is 11.3 Å². The summed E-state index contributed by atoms with van der Waals surface area (Å²) in [7, 11) is 2.04. The molecule has 2 rings (SSSR count). The van der Waals surface area contributed by atoms with Crippen LogP contribution in [-0.4, -0.2) is 23.3 Å². The van der Waals surface area contributed by atoms with Gasteiger partial charge in [0.05, 0.1) is 5.69 Å². The van der Waals surface area contributed by atoms with Crippen molar-refractivity contribution in [3.8, 4) is 0 Å². The summed E-state index contributed by atoms with van der Waals surface area (Å²) in [4.78, 5) is 4.40. The largest absolute Gasteiger partial charge is 0.437 e. The fourth-order valence-corrected chi connectivity index (χ4v) is 3.18. The molecule has 84 valence electrons. The first-order valence-corrected chi connectivity index (χ1v) is 6.35. The molecule has 0 amide bonds. The molecule has 0 bridgehead atoms. The highest BCUT2D eigenvalue weighted by Crippen LogP contribution is 2.34. The Hall–Kier alpha value is -0.480. The van der Waals surface area contributed by atoms with E-state index in [1.165, 1.54) is 19.3 Å². The molecule has 4 heteroatoms. The van der Waals surface area contributed by atoms with E-state index in [0.29, 0.717) is 11.3 Å². The van der Waals surface area contributed by atoms with Gasteiger partial charge in [-0.05, 0) is 40.2 Å². The predicted octanol–water partition coefficient (Wildman–Crippen LogP) is 2.52. The molecule has 1 aliphatic carbocycles. The van der Waals surface area contributed by atoms with Crippen molar-refractivity contribution in [1.29, 1.82) is 0 Å². The molecule has 1 N–H and O–H groups in total. The minimum absolute atomic E-state index is 0.667.